The van der Waals surface area contributed by atoms with Crippen LogP contribution in [0.2, 0.25) is 0 Å². The molecule has 2 rings (SSSR count). The molecule has 0 saturated carbocycles. The van der Waals surface area contributed by atoms with Crippen LogP contribution in [0.25, 0.3) is 0 Å². The topological polar surface area (TPSA) is 58.2 Å². The third kappa shape index (κ3) is 5.01. The quantitative estimate of drug-likeness (QED) is 0.805. The van der Waals surface area contributed by atoms with Crippen LogP contribution in [0.1, 0.15) is 12.0 Å². The van der Waals surface area contributed by atoms with E-state index in [-0.39, 0.29) is 18.0 Å². The Morgan fingerprint density at radius 1 is 0.909 bits per heavy atom. The summed E-state index contributed by atoms with van der Waals surface area (Å²) in [6.45, 7) is 0.454. The monoisotopic (exact) mass is 300 g/mol. The van der Waals surface area contributed by atoms with Crippen LogP contribution in [0, 0.1) is 5.82 Å². The summed E-state index contributed by atoms with van der Waals surface area (Å²) >= 11 is 0. The van der Waals surface area contributed by atoms with E-state index in [0.717, 1.165) is 5.56 Å². The van der Waals surface area contributed by atoms with Crippen LogP contribution in [0.15, 0.2) is 54.6 Å². The summed E-state index contributed by atoms with van der Waals surface area (Å²) in [5.41, 5.74) is 1.18. The molecule has 0 spiro atoms. The van der Waals surface area contributed by atoms with Crippen LogP contribution in [0.3, 0.4) is 0 Å². The van der Waals surface area contributed by atoms with Crippen LogP contribution in [0.5, 0.6) is 0 Å². The molecule has 0 atom stereocenters. The molecule has 0 aliphatic heterocycles. The Balaban J connectivity index is 1.72. The zero-order valence-corrected chi connectivity index (χ0v) is 12.0. The molecule has 114 valence electrons. The van der Waals surface area contributed by atoms with Gasteiger partial charge in [0.15, 0.2) is 0 Å². The van der Waals surface area contributed by atoms with Gasteiger partial charge in [-0.15, -0.1) is 0 Å². The fraction of sp³-hybridized carbons (Fsp3) is 0.176. The molecule has 0 radical (unpaired) electrons. The van der Waals surface area contributed by atoms with E-state index in [1.165, 1.54) is 18.2 Å². The lowest BCUT2D eigenvalue weighted by molar-refractivity contribution is -0.126. The molecule has 2 aromatic carbocycles. The van der Waals surface area contributed by atoms with Crippen LogP contribution in [-0.4, -0.2) is 18.4 Å². The van der Waals surface area contributed by atoms with Crippen molar-refractivity contribution in [3.63, 3.8) is 0 Å². The first-order valence-electron chi connectivity index (χ1n) is 7.00. The van der Waals surface area contributed by atoms with Crippen molar-refractivity contribution in [2.24, 2.45) is 0 Å². The first-order valence-corrected chi connectivity index (χ1v) is 7.00. The fourth-order valence-corrected chi connectivity index (χ4v) is 1.96. The molecule has 0 aromatic heterocycles. The Hall–Kier alpha value is -2.69. The van der Waals surface area contributed by atoms with E-state index in [9.17, 15) is 14.0 Å². The smallest absolute Gasteiger partial charge is 0.233 e. The lowest BCUT2D eigenvalue weighted by Crippen LogP contribution is -2.29. The van der Waals surface area contributed by atoms with E-state index in [2.05, 4.69) is 10.6 Å². The zero-order chi connectivity index (χ0) is 15.8. The largest absolute Gasteiger partial charge is 0.355 e. The minimum Gasteiger partial charge on any atom is -0.355 e. The molecule has 0 aliphatic carbocycles. The van der Waals surface area contributed by atoms with Crippen LogP contribution >= 0.6 is 0 Å². The highest BCUT2D eigenvalue weighted by Crippen LogP contribution is 2.12. The molecule has 5 heteroatoms. The third-order valence-electron chi connectivity index (χ3n) is 3.05. The number of hydrogen-bond donors (Lipinski definition) is 2. The molecule has 0 bridgehead atoms. The second kappa shape index (κ2) is 7.93. The second-order valence-corrected chi connectivity index (χ2v) is 4.79. The number of benzene rings is 2. The van der Waals surface area contributed by atoms with E-state index in [1.807, 2.05) is 30.3 Å². The van der Waals surface area contributed by atoms with Crippen LogP contribution in [0.4, 0.5) is 10.1 Å². The van der Waals surface area contributed by atoms with Gasteiger partial charge in [-0.2, -0.15) is 0 Å². The van der Waals surface area contributed by atoms with Crippen molar-refractivity contribution in [1.29, 1.82) is 0 Å². The van der Waals surface area contributed by atoms with Gasteiger partial charge in [0.05, 0.1) is 5.69 Å². The van der Waals surface area contributed by atoms with Gasteiger partial charge < -0.3 is 10.6 Å². The summed E-state index contributed by atoms with van der Waals surface area (Å²) in [6, 6.07) is 15.6. The summed E-state index contributed by atoms with van der Waals surface area (Å²) in [5, 5.41) is 5.04. The van der Waals surface area contributed by atoms with E-state index < -0.39 is 11.7 Å². The number of halogens is 1. The molecular weight excluding hydrogens is 283 g/mol. The summed E-state index contributed by atoms with van der Waals surface area (Å²) < 4.78 is 13.4. The van der Waals surface area contributed by atoms with Crippen molar-refractivity contribution in [1.82, 2.24) is 5.32 Å². The maximum Gasteiger partial charge on any atom is 0.233 e. The Morgan fingerprint density at radius 2 is 1.59 bits per heavy atom. The highest BCUT2D eigenvalue weighted by molar-refractivity contribution is 6.03. The van der Waals surface area contributed by atoms with Crippen molar-refractivity contribution in [3.05, 3.63) is 66.0 Å². The van der Waals surface area contributed by atoms with Gasteiger partial charge in [0.1, 0.15) is 12.2 Å². The van der Waals surface area contributed by atoms with E-state index in [4.69, 9.17) is 0 Å². The minimum atomic E-state index is -0.540. The molecule has 0 aliphatic rings. The summed E-state index contributed by atoms with van der Waals surface area (Å²) in [7, 11) is 0. The zero-order valence-electron chi connectivity index (χ0n) is 12.0. The highest BCUT2D eigenvalue weighted by Gasteiger charge is 2.11. The first kappa shape index (κ1) is 15.7. The number of rotatable bonds is 6. The number of nitrogens with one attached hydrogen (secondary N) is 2. The fourth-order valence-electron chi connectivity index (χ4n) is 1.96. The lowest BCUT2D eigenvalue weighted by atomic mass is 10.1. The SMILES string of the molecule is O=C(CC(=O)Nc1ccccc1F)NCCc1ccccc1. The molecule has 0 heterocycles. The van der Waals surface area contributed by atoms with Crippen molar-refractivity contribution in [2.45, 2.75) is 12.8 Å². The summed E-state index contributed by atoms with van der Waals surface area (Å²) in [5.74, 6) is -1.45. The van der Waals surface area contributed by atoms with Crippen molar-refractivity contribution in [2.75, 3.05) is 11.9 Å². The number of carbonyl (C=O) groups excluding carboxylic acids is 2. The van der Waals surface area contributed by atoms with E-state index in [1.54, 1.807) is 6.07 Å². The minimum absolute atomic E-state index is 0.0737. The maximum atomic E-state index is 13.4. The van der Waals surface area contributed by atoms with Gasteiger partial charge in [0.2, 0.25) is 11.8 Å². The van der Waals surface area contributed by atoms with Crippen molar-refractivity contribution in [3.8, 4) is 0 Å². The number of anilines is 1. The first-order chi connectivity index (χ1) is 10.6. The Bertz CT molecular complexity index is 644. The van der Waals surface area contributed by atoms with E-state index >= 15 is 0 Å². The molecule has 4 nitrogen and oxygen atoms in total. The molecule has 22 heavy (non-hydrogen) atoms. The highest BCUT2D eigenvalue weighted by atomic mass is 19.1. The lowest BCUT2D eigenvalue weighted by Gasteiger charge is -2.07. The summed E-state index contributed by atoms with van der Waals surface area (Å²) in [4.78, 5) is 23.3. The number of carbonyl (C=O) groups is 2. The van der Waals surface area contributed by atoms with Gasteiger partial charge in [-0.1, -0.05) is 42.5 Å². The number of hydrogen-bond acceptors (Lipinski definition) is 2. The molecule has 0 saturated heterocycles. The molecule has 0 unspecified atom stereocenters. The average Bonchev–Trinajstić information content (AvgIpc) is 2.50. The third-order valence-corrected chi connectivity index (χ3v) is 3.05. The normalized spacial score (nSPS) is 10.0. The van der Waals surface area contributed by atoms with Gasteiger partial charge in [-0.25, -0.2) is 4.39 Å². The summed E-state index contributed by atoms with van der Waals surface area (Å²) in [6.07, 6.45) is 0.366. The van der Waals surface area contributed by atoms with Gasteiger partial charge in [-0.05, 0) is 24.1 Å². The van der Waals surface area contributed by atoms with Gasteiger partial charge >= 0.3 is 0 Å². The Kier molecular flexibility index (Phi) is 5.65. The van der Waals surface area contributed by atoms with Crippen LogP contribution < -0.4 is 10.6 Å². The van der Waals surface area contributed by atoms with Gasteiger partial charge in [0.25, 0.3) is 0 Å². The standard InChI is InChI=1S/C17H17FN2O2/c18-14-8-4-5-9-15(14)20-17(22)12-16(21)19-11-10-13-6-2-1-3-7-13/h1-9H,10-12H2,(H,19,21)(H,20,22). The Morgan fingerprint density at radius 3 is 2.32 bits per heavy atom. The van der Waals surface area contributed by atoms with Gasteiger partial charge in [-0.3, -0.25) is 9.59 Å². The Labute approximate surface area is 128 Å². The predicted molar refractivity (Wildman–Crippen MR) is 82.8 cm³/mol. The average molecular weight is 300 g/mol. The van der Waals surface area contributed by atoms with Crippen molar-refractivity contribution < 1.29 is 14.0 Å². The van der Waals surface area contributed by atoms with Crippen molar-refractivity contribution >= 4 is 17.5 Å². The van der Waals surface area contributed by atoms with Crippen LogP contribution in [-0.2, 0) is 16.0 Å². The number of para-hydroxylation sites is 1. The molecule has 2 amide bonds. The maximum absolute atomic E-state index is 13.4. The number of amides is 2. The molecule has 2 N–H and O–H groups in total. The second-order valence-electron chi connectivity index (χ2n) is 4.79. The molecule has 2 aromatic rings. The molecular formula is C17H17FN2O2. The van der Waals surface area contributed by atoms with Gasteiger partial charge in [0, 0.05) is 6.54 Å². The van der Waals surface area contributed by atoms with E-state index in [0.29, 0.717) is 13.0 Å². The molecule has 0 fully saturated rings. The predicted octanol–water partition coefficient (Wildman–Crippen LogP) is 2.51.